The fourth-order valence-corrected chi connectivity index (χ4v) is 2.62. The Hall–Kier alpha value is -3.41. The first-order valence-corrected chi connectivity index (χ1v) is 9.15. The standard InChI is InChI=1S/C22H24N4O2/c1-15(2)17-6-8-19(9-7-17)26-22-24-13-18(14-25-22)21(27)23-12-16-4-10-20(28-3)11-5-16/h4-11,13-15H,12H2,1-3H3,(H,23,27)(H,24,25,26). The molecule has 3 rings (SSSR count). The van der Waals surface area contributed by atoms with Crippen LogP contribution in [0.4, 0.5) is 11.6 Å². The lowest BCUT2D eigenvalue weighted by Crippen LogP contribution is -2.23. The van der Waals surface area contributed by atoms with Crippen molar-refractivity contribution in [2.45, 2.75) is 26.3 Å². The second-order valence-electron chi connectivity index (χ2n) is 6.73. The first-order chi connectivity index (χ1) is 13.5. The Kier molecular flexibility index (Phi) is 6.22. The number of carbonyl (C=O) groups is 1. The summed E-state index contributed by atoms with van der Waals surface area (Å²) in [6.07, 6.45) is 3.03. The second-order valence-corrected chi connectivity index (χ2v) is 6.73. The smallest absolute Gasteiger partial charge is 0.254 e. The Morgan fingerprint density at radius 3 is 2.21 bits per heavy atom. The van der Waals surface area contributed by atoms with Gasteiger partial charge in [0.1, 0.15) is 5.75 Å². The highest BCUT2D eigenvalue weighted by atomic mass is 16.5. The zero-order valence-corrected chi connectivity index (χ0v) is 16.3. The molecule has 1 amide bonds. The van der Waals surface area contributed by atoms with E-state index >= 15 is 0 Å². The fraction of sp³-hybridized carbons (Fsp3) is 0.227. The number of hydrogen-bond donors (Lipinski definition) is 2. The summed E-state index contributed by atoms with van der Waals surface area (Å²) in [5.74, 6) is 1.50. The lowest BCUT2D eigenvalue weighted by atomic mass is 10.0. The van der Waals surface area contributed by atoms with Crippen LogP contribution in [0, 0.1) is 0 Å². The minimum Gasteiger partial charge on any atom is -0.497 e. The van der Waals surface area contributed by atoms with Gasteiger partial charge in [-0.15, -0.1) is 0 Å². The molecule has 6 nitrogen and oxygen atoms in total. The number of nitrogens with one attached hydrogen (secondary N) is 2. The predicted molar refractivity (Wildman–Crippen MR) is 110 cm³/mol. The van der Waals surface area contributed by atoms with Crippen LogP contribution in [-0.4, -0.2) is 23.0 Å². The summed E-state index contributed by atoms with van der Waals surface area (Å²) in [4.78, 5) is 20.7. The summed E-state index contributed by atoms with van der Waals surface area (Å²) in [6.45, 7) is 4.74. The molecule has 0 bridgehead atoms. The van der Waals surface area contributed by atoms with Crippen molar-refractivity contribution in [2.24, 2.45) is 0 Å². The van der Waals surface area contributed by atoms with E-state index in [0.717, 1.165) is 17.0 Å². The van der Waals surface area contributed by atoms with E-state index in [1.54, 1.807) is 7.11 Å². The summed E-state index contributed by atoms with van der Waals surface area (Å²) in [7, 11) is 1.62. The molecule has 0 aliphatic heterocycles. The lowest BCUT2D eigenvalue weighted by molar-refractivity contribution is 0.0950. The van der Waals surface area contributed by atoms with E-state index in [-0.39, 0.29) is 5.91 Å². The van der Waals surface area contributed by atoms with Crippen LogP contribution in [0.25, 0.3) is 0 Å². The maximum absolute atomic E-state index is 12.3. The molecule has 0 saturated carbocycles. The van der Waals surface area contributed by atoms with E-state index in [9.17, 15) is 4.79 Å². The van der Waals surface area contributed by atoms with Gasteiger partial charge >= 0.3 is 0 Å². The van der Waals surface area contributed by atoms with Crippen LogP contribution in [-0.2, 0) is 6.54 Å². The molecule has 2 aromatic carbocycles. The average molecular weight is 376 g/mol. The van der Waals surface area contributed by atoms with Gasteiger partial charge in [-0.2, -0.15) is 0 Å². The van der Waals surface area contributed by atoms with Gasteiger partial charge in [-0.25, -0.2) is 9.97 Å². The molecule has 1 aromatic heterocycles. The number of rotatable bonds is 7. The Labute approximate surface area is 165 Å². The molecule has 0 fully saturated rings. The molecule has 0 atom stereocenters. The lowest BCUT2D eigenvalue weighted by Gasteiger charge is -2.09. The third-order valence-corrected chi connectivity index (χ3v) is 4.36. The summed E-state index contributed by atoms with van der Waals surface area (Å²) in [5.41, 5.74) is 3.57. The maximum atomic E-state index is 12.3. The topological polar surface area (TPSA) is 76.1 Å². The summed E-state index contributed by atoms with van der Waals surface area (Å²) in [6, 6.07) is 15.7. The number of nitrogens with zero attached hydrogens (tertiary/aromatic N) is 2. The minimum absolute atomic E-state index is 0.219. The Morgan fingerprint density at radius 1 is 1.00 bits per heavy atom. The number of benzene rings is 2. The predicted octanol–water partition coefficient (Wildman–Crippen LogP) is 4.28. The molecule has 0 spiro atoms. The third kappa shape index (κ3) is 5.07. The number of ether oxygens (including phenoxy) is 1. The van der Waals surface area contributed by atoms with E-state index in [1.807, 2.05) is 36.4 Å². The quantitative estimate of drug-likeness (QED) is 0.644. The van der Waals surface area contributed by atoms with E-state index in [4.69, 9.17) is 4.74 Å². The van der Waals surface area contributed by atoms with Crippen molar-refractivity contribution >= 4 is 17.5 Å². The van der Waals surface area contributed by atoms with E-state index in [1.165, 1.54) is 18.0 Å². The van der Waals surface area contributed by atoms with Crippen molar-refractivity contribution in [3.8, 4) is 5.75 Å². The van der Waals surface area contributed by atoms with Gasteiger partial charge in [0.15, 0.2) is 0 Å². The number of carbonyl (C=O) groups excluding carboxylic acids is 1. The number of anilines is 2. The van der Waals surface area contributed by atoms with Gasteiger partial charge in [0, 0.05) is 24.6 Å². The molecule has 0 radical (unpaired) electrons. The number of hydrogen-bond acceptors (Lipinski definition) is 5. The van der Waals surface area contributed by atoms with E-state index < -0.39 is 0 Å². The monoisotopic (exact) mass is 376 g/mol. The minimum atomic E-state index is -0.219. The van der Waals surface area contributed by atoms with Crippen LogP contribution >= 0.6 is 0 Å². The molecular formula is C22H24N4O2. The Balaban J connectivity index is 1.56. The van der Waals surface area contributed by atoms with E-state index in [2.05, 4.69) is 46.6 Å². The van der Waals surface area contributed by atoms with Gasteiger partial charge in [-0.1, -0.05) is 38.1 Å². The molecule has 6 heteroatoms. The second kappa shape index (κ2) is 8.99. The van der Waals surface area contributed by atoms with Gasteiger partial charge < -0.3 is 15.4 Å². The SMILES string of the molecule is COc1ccc(CNC(=O)c2cnc(Nc3ccc(C(C)C)cc3)nc2)cc1. The van der Waals surface area contributed by atoms with Crippen LogP contribution in [0.5, 0.6) is 5.75 Å². The Morgan fingerprint density at radius 2 is 1.64 bits per heavy atom. The van der Waals surface area contributed by atoms with Gasteiger partial charge in [0.2, 0.25) is 5.95 Å². The zero-order valence-electron chi connectivity index (χ0n) is 16.3. The average Bonchev–Trinajstić information content (AvgIpc) is 2.73. The largest absolute Gasteiger partial charge is 0.497 e. The maximum Gasteiger partial charge on any atom is 0.254 e. The molecule has 1 heterocycles. The molecule has 3 aromatic rings. The van der Waals surface area contributed by atoms with Gasteiger partial charge in [-0.05, 0) is 41.3 Å². The molecule has 0 aliphatic carbocycles. The highest BCUT2D eigenvalue weighted by Gasteiger charge is 2.08. The molecule has 0 aliphatic rings. The molecular weight excluding hydrogens is 352 g/mol. The van der Waals surface area contributed by atoms with Crippen molar-refractivity contribution < 1.29 is 9.53 Å². The molecule has 2 N–H and O–H groups in total. The van der Waals surface area contributed by atoms with Crippen molar-refractivity contribution in [1.82, 2.24) is 15.3 Å². The van der Waals surface area contributed by atoms with Crippen LogP contribution in [0.2, 0.25) is 0 Å². The fourth-order valence-electron chi connectivity index (χ4n) is 2.62. The summed E-state index contributed by atoms with van der Waals surface area (Å²) >= 11 is 0. The van der Waals surface area contributed by atoms with Gasteiger partial charge in [0.05, 0.1) is 12.7 Å². The normalized spacial score (nSPS) is 10.6. The molecule has 144 valence electrons. The highest BCUT2D eigenvalue weighted by Crippen LogP contribution is 2.19. The third-order valence-electron chi connectivity index (χ3n) is 4.36. The van der Waals surface area contributed by atoms with Crippen LogP contribution in [0.3, 0.4) is 0 Å². The van der Waals surface area contributed by atoms with Crippen molar-refractivity contribution in [3.05, 3.63) is 77.6 Å². The number of amides is 1. The van der Waals surface area contributed by atoms with Crippen molar-refractivity contribution in [1.29, 1.82) is 0 Å². The van der Waals surface area contributed by atoms with Gasteiger partial charge in [0.25, 0.3) is 5.91 Å². The first kappa shape index (κ1) is 19.4. The van der Waals surface area contributed by atoms with Crippen molar-refractivity contribution in [2.75, 3.05) is 12.4 Å². The Bertz CT molecular complexity index is 905. The number of aromatic nitrogens is 2. The first-order valence-electron chi connectivity index (χ1n) is 9.15. The molecule has 0 unspecified atom stereocenters. The van der Waals surface area contributed by atoms with Crippen LogP contribution in [0.1, 0.15) is 41.3 Å². The zero-order chi connectivity index (χ0) is 19.9. The molecule has 0 saturated heterocycles. The van der Waals surface area contributed by atoms with E-state index in [0.29, 0.717) is 24.0 Å². The van der Waals surface area contributed by atoms with Crippen molar-refractivity contribution in [3.63, 3.8) is 0 Å². The number of methoxy groups -OCH3 is 1. The summed E-state index contributed by atoms with van der Waals surface area (Å²) in [5, 5.41) is 6.00. The molecule has 28 heavy (non-hydrogen) atoms. The van der Waals surface area contributed by atoms with Crippen LogP contribution < -0.4 is 15.4 Å². The van der Waals surface area contributed by atoms with Crippen LogP contribution in [0.15, 0.2) is 60.9 Å². The van der Waals surface area contributed by atoms with Gasteiger partial charge in [-0.3, -0.25) is 4.79 Å². The summed E-state index contributed by atoms with van der Waals surface area (Å²) < 4.78 is 5.12. The highest BCUT2D eigenvalue weighted by molar-refractivity contribution is 5.93.